The van der Waals surface area contributed by atoms with Gasteiger partial charge in [-0.25, -0.2) is 9.78 Å². The number of aryl methyl sites for hydroxylation is 1. The minimum absolute atomic E-state index is 0.191. The first-order valence-electron chi connectivity index (χ1n) is 4.99. The van der Waals surface area contributed by atoms with Gasteiger partial charge in [-0.1, -0.05) is 13.0 Å². The Labute approximate surface area is 101 Å². The third kappa shape index (κ3) is 2.15. The second kappa shape index (κ2) is 4.76. The lowest BCUT2D eigenvalue weighted by molar-refractivity contribution is 0.0692. The zero-order chi connectivity index (χ0) is 11.5. The van der Waals surface area contributed by atoms with Gasteiger partial charge in [0.2, 0.25) is 0 Å². The lowest BCUT2D eigenvalue weighted by Gasteiger charge is -1.92. The topological polar surface area (TPSA) is 50.2 Å². The minimum Gasteiger partial charge on any atom is -0.476 e. The number of rotatable bonds is 4. The maximum atomic E-state index is 11.1. The molecule has 2 heterocycles. The predicted octanol–water partition coefficient (Wildman–Crippen LogP) is 3.52. The molecule has 16 heavy (non-hydrogen) atoms. The number of aromatic carboxylic acids is 1. The van der Waals surface area contributed by atoms with Crippen LogP contribution in [0.5, 0.6) is 0 Å². The maximum absolute atomic E-state index is 11.1. The van der Waals surface area contributed by atoms with Crippen molar-refractivity contribution in [2.24, 2.45) is 0 Å². The number of nitrogens with zero attached hydrogens (tertiary/aromatic N) is 1. The van der Waals surface area contributed by atoms with Crippen LogP contribution >= 0.6 is 22.7 Å². The van der Waals surface area contributed by atoms with Gasteiger partial charge >= 0.3 is 5.97 Å². The molecule has 0 aromatic carbocycles. The molecule has 0 saturated heterocycles. The fourth-order valence-corrected chi connectivity index (χ4v) is 3.42. The fourth-order valence-electron chi connectivity index (χ4n) is 1.40. The number of thiophene rings is 1. The fraction of sp³-hybridized carbons (Fsp3) is 0.273. The minimum atomic E-state index is -0.943. The molecule has 2 aromatic heterocycles. The number of carbonyl (C=O) groups is 1. The Morgan fingerprint density at radius 2 is 2.38 bits per heavy atom. The van der Waals surface area contributed by atoms with E-state index < -0.39 is 5.97 Å². The zero-order valence-electron chi connectivity index (χ0n) is 8.77. The van der Waals surface area contributed by atoms with E-state index in [2.05, 4.69) is 11.9 Å². The van der Waals surface area contributed by atoms with Gasteiger partial charge in [0, 0.05) is 4.88 Å². The van der Waals surface area contributed by atoms with Crippen molar-refractivity contribution in [3.8, 4) is 9.75 Å². The van der Waals surface area contributed by atoms with E-state index in [0.29, 0.717) is 0 Å². The van der Waals surface area contributed by atoms with Crippen molar-refractivity contribution in [1.82, 2.24) is 4.98 Å². The Bertz CT molecular complexity index is 488. The van der Waals surface area contributed by atoms with Crippen molar-refractivity contribution >= 4 is 28.6 Å². The Hall–Kier alpha value is -1.20. The molecular formula is C11H11NO2S2. The van der Waals surface area contributed by atoms with Gasteiger partial charge in [-0.05, 0) is 24.3 Å². The van der Waals surface area contributed by atoms with Crippen LogP contribution in [0.4, 0.5) is 0 Å². The average Bonchev–Trinajstić information content (AvgIpc) is 2.83. The second-order valence-corrected chi connectivity index (χ2v) is 5.35. The van der Waals surface area contributed by atoms with Gasteiger partial charge in [-0.3, -0.25) is 0 Å². The molecule has 5 heteroatoms. The van der Waals surface area contributed by atoms with Gasteiger partial charge in [0.15, 0.2) is 5.69 Å². The summed E-state index contributed by atoms with van der Waals surface area (Å²) in [5, 5.41) is 11.9. The van der Waals surface area contributed by atoms with Crippen molar-refractivity contribution in [3.05, 3.63) is 28.2 Å². The number of carboxylic acid groups (broad SMARTS) is 1. The highest BCUT2D eigenvalue weighted by Crippen LogP contribution is 2.34. The summed E-state index contributed by atoms with van der Waals surface area (Å²) in [5.74, 6) is -0.943. The van der Waals surface area contributed by atoms with Gasteiger partial charge in [0.25, 0.3) is 0 Å². The first-order chi connectivity index (χ1) is 7.72. The lowest BCUT2D eigenvalue weighted by Crippen LogP contribution is -1.98. The summed E-state index contributed by atoms with van der Waals surface area (Å²) in [6.07, 6.45) is 1.83. The molecule has 2 rings (SSSR count). The summed E-state index contributed by atoms with van der Waals surface area (Å²) in [6.45, 7) is 2.06. The van der Waals surface area contributed by atoms with Crippen molar-refractivity contribution in [2.75, 3.05) is 0 Å². The zero-order valence-corrected chi connectivity index (χ0v) is 10.4. The van der Waals surface area contributed by atoms with E-state index in [1.807, 2.05) is 17.5 Å². The molecule has 0 aliphatic carbocycles. The molecule has 0 bridgehead atoms. The van der Waals surface area contributed by atoms with Gasteiger partial charge in [-0.2, -0.15) is 0 Å². The number of carboxylic acids is 1. The lowest BCUT2D eigenvalue weighted by atomic mass is 10.3. The van der Waals surface area contributed by atoms with E-state index in [9.17, 15) is 4.79 Å². The van der Waals surface area contributed by atoms with Gasteiger partial charge in [-0.15, -0.1) is 22.7 Å². The average molecular weight is 253 g/mol. The highest BCUT2D eigenvalue weighted by Gasteiger charge is 2.18. The van der Waals surface area contributed by atoms with Crippen LogP contribution in [0.15, 0.2) is 17.5 Å². The standard InChI is InChI=1S/C11H11NO2S2/c1-2-4-8-12-9(11(13)14)10(16-8)7-5-3-6-15-7/h3,5-6H,2,4H2,1H3,(H,13,14). The van der Waals surface area contributed by atoms with Gasteiger partial charge in [0.1, 0.15) is 0 Å². The quantitative estimate of drug-likeness (QED) is 0.907. The van der Waals surface area contributed by atoms with Crippen LogP contribution in [0.2, 0.25) is 0 Å². The molecule has 2 aromatic rings. The van der Waals surface area contributed by atoms with Crippen molar-refractivity contribution in [3.63, 3.8) is 0 Å². The Kier molecular flexibility index (Phi) is 3.36. The summed E-state index contributed by atoms with van der Waals surface area (Å²) >= 11 is 3.03. The molecule has 0 radical (unpaired) electrons. The van der Waals surface area contributed by atoms with E-state index in [4.69, 9.17) is 5.11 Å². The molecule has 3 nitrogen and oxygen atoms in total. The normalized spacial score (nSPS) is 10.6. The Morgan fingerprint density at radius 3 is 2.94 bits per heavy atom. The van der Waals surface area contributed by atoms with Crippen LogP contribution in [0.25, 0.3) is 9.75 Å². The number of aromatic nitrogens is 1. The first kappa shape index (κ1) is 11.3. The van der Waals surface area contributed by atoms with E-state index in [0.717, 1.165) is 27.6 Å². The summed E-state index contributed by atoms with van der Waals surface area (Å²) < 4.78 is 0. The second-order valence-electron chi connectivity index (χ2n) is 3.32. The van der Waals surface area contributed by atoms with Crippen LogP contribution in [0.3, 0.4) is 0 Å². The van der Waals surface area contributed by atoms with E-state index in [1.54, 1.807) is 11.3 Å². The van der Waals surface area contributed by atoms with Crippen LogP contribution in [0.1, 0.15) is 28.8 Å². The third-order valence-corrected chi connectivity index (χ3v) is 4.25. The summed E-state index contributed by atoms with van der Waals surface area (Å²) in [6, 6.07) is 3.85. The molecular weight excluding hydrogens is 242 g/mol. The molecule has 84 valence electrons. The molecule has 1 N–H and O–H groups in total. The van der Waals surface area contributed by atoms with E-state index >= 15 is 0 Å². The number of hydrogen-bond acceptors (Lipinski definition) is 4. The first-order valence-corrected chi connectivity index (χ1v) is 6.69. The molecule has 0 atom stereocenters. The molecule has 0 unspecified atom stereocenters. The molecule has 0 aliphatic heterocycles. The molecule has 0 saturated carbocycles. The summed E-state index contributed by atoms with van der Waals surface area (Å²) in [5.41, 5.74) is 0.191. The molecule has 0 aliphatic rings. The Balaban J connectivity index is 2.46. The third-order valence-electron chi connectivity index (χ3n) is 2.08. The number of thiazole rings is 1. The highest BCUT2D eigenvalue weighted by molar-refractivity contribution is 7.21. The van der Waals surface area contributed by atoms with Gasteiger partial charge < -0.3 is 5.11 Å². The van der Waals surface area contributed by atoms with Crippen molar-refractivity contribution < 1.29 is 9.90 Å². The number of hydrogen-bond donors (Lipinski definition) is 1. The molecule has 0 spiro atoms. The van der Waals surface area contributed by atoms with Crippen LogP contribution in [-0.4, -0.2) is 16.1 Å². The summed E-state index contributed by atoms with van der Waals surface area (Å²) in [4.78, 5) is 17.0. The van der Waals surface area contributed by atoms with Crippen LogP contribution < -0.4 is 0 Å². The monoisotopic (exact) mass is 253 g/mol. The predicted molar refractivity (Wildman–Crippen MR) is 66.4 cm³/mol. The summed E-state index contributed by atoms with van der Waals surface area (Å²) in [7, 11) is 0. The molecule has 0 amide bonds. The SMILES string of the molecule is CCCc1nc(C(=O)O)c(-c2cccs2)s1. The van der Waals surface area contributed by atoms with Gasteiger partial charge in [0.05, 0.1) is 9.88 Å². The van der Waals surface area contributed by atoms with E-state index in [1.165, 1.54) is 11.3 Å². The molecule has 0 fully saturated rings. The highest BCUT2D eigenvalue weighted by atomic mass is 32.1. The van der Waals surface area contributed by atoms with E-state index in [-0.39, 0.29) is 5.69 Å². The van der Waals surface area contributed by atoms with Crippen LogP contribution in [-0.2, 0) is 6.42 Å². The Morgan fingerprint density at radius 1 is 1.56 bits per heavy atom. The van der Waals surface area contributed by atoms with Crippen molar-refractivity contribution in [2.45, 2.75) is 19.8 Å². The van der Waals surface area contributed by atoms with Crippen LogP contribution in [0, 0.1) is 0 Å². The largest absolute Gasteiger partial charge is 0.476 e. The maximum Gasteiger partial charge on any atom is 0.356 e. The smallest absolute Gasteiger partial charge is 0.356 e. The van der Waals surface area contributed by atoms with Crippen molar-refractivity contribution in [1.29, 1.82) is 0 Å².